The molecule has 2 aromatic rings. The topological polar surface area (TPSA) is 20.2 Å². The average Bonchev–Trinajstić information content (AvgIpc) is 2.15. The third kappa shape index (κ3) is 1.25. The van der Waals surface area contributed by atoms with Crippen LogP contribution in [0.2, 0.25) is 5.02 Å². The van der Waals surface area contributed by atoms with E-state index in [4.69, 9.17) is 11.6 Å². The summed E-state index contributed by atoms with van der Waals surface area (Å²) in [5.41, 5.74) is 0.901. The lowest BCUT2D eigenvalue weighted by atomic mass is 10.1. The summed E-state index contributed by atoms with van der Waals surface area (Å²) in [6.45, 7) is 1.88. The number of benzene rings is 2. The summed E-state index contributed by atoms with van der Waals surface area (Å²) in [6.07, 6.45) is 0. The van der Waals surface area contributed by atoms with Crippen molar-refractivity contribution in [1.29, 1.82) is 0 Å². The third-order valence-electron chi connectivity index (χ3n) is 2.14. The predicted molar refractivity (Wildman–Crippen MR) is 55.4 cm³/mol. The predicted octanol–water partition coefficient (Wildman–Crippen LogP) is 3.51. The molecule has 0 amide bonds. The van der Waals surface area contributed by atoms with Gasteiger partial charge in [0, 0.05) is 10.8 Å². The third-order valence-corrected chi connectivity index (χ3v) is 2.64. The first-order valence-electron chi connectivity index (χ1n) is 4.07. The van der Waals surface area contributed by atoms with Crippen LogP contribution in [-0.4, -0.2) is 5.11 Å². The Hall–Kier alpha value is -1.21. The van der Waals surface area contributed by atoms with Gasteiger partial charge in [-0.3, -0.25) is 0 Å². The van der Waals surface area contributed by atoms with E-state index in [9.17, 15) is 5.11 Å². The van der Waals surface area contributed by atoms with Crippen LogP contribution in [0.25, 0.3) is 10.8 Å². The van der Waals surface area contributed by atoms with Crippen LogP contribution in [0.3, 0.4) is 0 Å². The zero-order valence-electron chi connectivity index (χ0n) is 7.21. The minimum Gasteiger partial charge on any atom is -0.507 e. The maximum Gasteiger partial charge on any atom is 0.123 e. The maximum atomic E-state index is 9.62. The van der Waals surface area contributed by atoms with Crippen molar-refractivity contribution in [3.05, 3.63) is 40.9 Å². The molecule has 0 saturated heterocycles. The van der Waals surface area contributed by atoms with E-state index in [0.29, 0.717) is 5.02 Å². The van der Waals surface area contributed by atoms with Crippen LogP contribution in [0.1, 0.15) is 5.56 Å². The average molecular weight is 193 g/mol. The SMILES string of the molecule is Cc1cc(O)c2ccccc2c1Cl. The number of hydrogen-bond donors (Lipinski definition) is 1. The lowest BCUT2D eigenvalue weighted by molar-refractivity contribution is 0.481. The molecule has 2 heteroatoms. The van der Waals surface area contributed by atoms with Gasteiger partial charge in [0.25, 0.3) is 0 Å². The molecule has 0 aliphatic carbocycles. The Bertz CT molecular complexity index is 463. The van der Waals surface area contributed by atoms with E-state index < -0.39 is 0 Å². The summed E-state index contributed by atoms with van der Waals surface area (Å²) in [4.78, 5) is 0. The van der Waals surface area contributed by atoms with Gasteiger partial charge in [0.2, 0.25) is 0 Å². The molecule has 0 aliphatic rings. The van der Waals surface area contributed by atoms with Gasteiger partial charge in [-0.25, -0.2) is 0 Å². The van der Waals surface area contributed by atoms with Crippen molar-refractivity contribution in [2.24, 2.45) is 0 Å². The monoisotopic (exact) mass is 192 g/mol. The lowest BCUT2D eigenvalue weighted by Crippen LogP contribution is -1.80. The molecule has 1 N–H and O–H groups in total. The molecule has 0 fully saturated rings. The number of hydrogen-bond acceptors (Lipinski definition) is 1. The van der Waals surface area contributed by atoms with Crippen molar-refractivity contribution >= 4 is 22.4 Å². The highest BCUT2D eigenvalue weighted by atomic mass is 35.5. The first-order chi connectivity index (χ1) is 6.20. The molecule has 0 atom stereocenters. The molecule has 2 aromatic carbocycles. The minimum absolute atomic E-state index is 0.289. The summed E-state index contributed by atoms with van der Waals surface area (Å²) in [5, 5.41) is 12.0. The minimum atomic E-state index is 0.289. The fourth-order valence-corrected chi connectivity index (χ4v) is 1.68. The Balaban J connectivity index is 2.97. The van der Waals surface area contributed by atoms with Gasteiger partial charge in [0.1, 0.15) is 5.75 Å². The summed E-state index contributed by atoms with van der Waals surface area (Å²) in [5.74, 6) is 0.289. The van der Waals surface area contributed by atoms with E-state index in [0.717, 1.165) is 16.3 Å². The summed E-state index contributed by atoms with van der Waals surface area (Å²) in [6, 6.07) is 9.24. The molecule has 0 aromatic heterocycles. The van der Waals surface area contributed by atoms with Gasteiger partial charge in [-0.1, -0.05) is 35.9 Å². The Morgan fingerprint density at radius 3 is 2.46 bits per heavy atom. The number of phenols is 1. The summed E-state index contributed by atoms with van der Waals surface area (Å²) in [7, 11) is 0. The van der Waals surface area contributed by atoms with Crippen LogP contribution in [0, 0.1) is 6.92 Å². The largest absolute Gasteiger partial charge is 0.507 e. The zero-order valence-corrected chi connectivity index (χ0v) is 7.97. The zero-order chi connectivity index (χ0) is 9.42. The molecule has 0 heterocycles. The highest BCUT2D eigenvalue weighted by Crippen LogP contribution is 2.33. The van der Waals surface area contributed by atoms with Gasteiger partial charge in [-0.05, 0) is 18.6 Å². The van der Waals surface area contributed by atoms with Gasteiger partial charge in [-0.2, -0.15) is 0 Å². The second kappa shape index (κ2) is 2.93. The van der Waals surface area contributed by atoms with Crippen molar-refractivity contribution < 1.29 is 5.11 Å². The summed E-state index contributed by atoms with van der Waals surface area (Å²) >= 11 is 6.09. The second-order valence-electron chi connectivity index (χ2n) is 3.07. The number of aryl methyl sites for hydroxylation is 1. The summed E-state index contributed by atoms with van der Waals surface area (Å²) < 4.78 is 0. The second-order valence-corrected chi connectivity index (χ2v) is 3.45. The number of fused-ring (bicyclic) bond motifs is 1. The Kier molecular flexibility index (Phi) is 1.89. The van der Waals surface area contributed by atoms with Gasteiger partial charge in [-0.15, -0.1) is 0 Å². The van der Waals surface area contributed by atoms with Crippen LogP contribution >= 0.6 is 11.6 Å². The Labute approximate surface area is 81.6 Å². The van der Waals surface area contributed by atoms with Crippen molar-refractivity contribution in [2.75, 3.05) is 0 Å². The number of rotatable bonds is 0. The van der Waals surface area contributed by atoms with Gasteiger partial charge in [0.05, 0.1) is 5.02 Å². The molecule has 66 valence electrons. The number of phenolic OH excluding ortho intramolecular Hbond substituents is 1. The lowest BCUT2D eigenvalue weighted by Gasteiger charge is -2.05. The molecule has 2 rings (SSSR count). The van der Waals surface area contributed by atoms with Crippen molar-refractivity contribution in [3.8, 4) is 5.75 Å². The maximum absolute atomic E-state index is 9.62. The first-order valence-corrected chi connectivity index (χ1v) is 4.45. The normalized spacial score (nSPS) is 10.6. The molecule has 0 unspecified atom stereocenters. The van der Waals surface area contributed by atoms with E-state index in [-0.39, 0.29) is 5.75 Å². The van der Waals surface area contributed by atoms with Crippen LogP contribution in [0.4, 0.5) is 0 Å². The van der Waals surface area contributed by atoms with E-state index in [2.05, 4.69) is 0 Å². The molecule has 0 bridgehead atoms. The first kappa shape index (κ1) is 8.39. The van der Waals surface area contributed by atoms with E-state index in [1.807, 2.05) is 31.2 Å². The number of aromatic hydroxyl groups is 1. The Morgan fingerprint density at radius 1 is 1.15 bits per heavy atom. The molecular weight excluding hydrogens is 184 g/mol. The molecular formula is C11H9ClO. The smallest absolute Gasteiger partial charge is 0.123 e. The molecule has 0 spiro atoms. The number of halogens is 1. The fourth-order valence-electron chi connectivity index (χ4n) is 1.46. The molecule has 0 aliphatic heterocycles. The quantitative estimate of drug-likeness (QED) is 0.677. The van der Waals surface area contributed by atoms with E-state index >= 15 is 0 Å². The van der Waals surface area contributed by atoms with Crippen LogP contribution in [-0.2, 0) is 0 Å². The molecule has 1 nitrogen and oxygen atoms in total. The van der Waals surface area contributed by atoms with Gasteiger partial charge < -0.3 is 5.11 Å². The van der Waals surface area contributed by atoms with Crippen molar-refractivity contribution in [3.63, 3.8) is 0 Å². The molecule has 13 heavy (non-hydrogen) atoms. The van der Waals surface area contributed by atoms with Crippen LogP contribution < -0.4 is 0 Å². The Morgan fingerprint density at radius 2 is 1.77 bits per heavy atom. The fraction of sp³-hybridized carbons (Fsp3) is 0.0909. The van der Waals surface area contributed by atoms with Gasteiger partial charge in [0.15, 0.2) is 0 Å². The van der Waals surface area contributed by atoms with Crippen LogP contribution in [0.5, 0.6) is 5.75 Å². The van der Waals surface area contributed by atoms with Gasteiger partial charge >= 0.3 is 0 Å². The van der Waals surface area contributed by atoms with Crippen LogP contribution in [0.15, 0.2) is 30.3 Å². The molecule has 0 saturated carbocycles. The van der Waals surface area contributed by atoms with Crippen molar-refractivity contribution in [2.45, 2.75) is 6.92 Å². The molecule has 0 radical (unpaired) electrons. The highest BCUT2D eigenvalue weighted by Gasteiger charge is 2.05. The van der Waals surface area contributed by atoms with E-state index in [1.165, 1.54) is 0 Å². The van der Waals surface area contributed by atoms with E-state index in [1.54, 1.807) is 6.07 Å². The standard InChI is InChI=1S/C11H9ClO/c1-7-6-10(13)8-4-2-3-5-9(8)11(7)12/h2-6,13H,1H3. The highest BCUT2D eigenvalue weighted by molar-refractivity contribution is 6.36. The van der Waals surface area contributed by atoms with Crippen molar-refractivity contribution in [1.82, 2.24) is 0 Å².